The Bertz CT molecular complexity index is 321. The first kappa shape index (κ1) is 11.5. The standard InChI is InChI=1S/C11H15NO3/c1-12-10(11(13)15-3)8-4-6-9(14-2)7-5-8/h4-7,10,12H,1-3H3. The summed E-state index contributed by atoms with van der Waals surface area (Å²) in [4.78, 5) is 11.4. The van der Waals surface area contributed by atoms with E-state index in [1.807, 2.05) is 24.3 Å². The number of benzene rings is 1. The predicted octanol–water partition coefficient (Wildman–Crippen LogP) is 1.13. The van der Waals surface area contributed by atoms with Crippen molar-refractivity contribution in [2.45, 2.75) is 6.04 Å². The Balaban J connectivity index is 2.87. The predicted molar refractivity (Wildman–Crippen MR) is 56.8 cm³/mol. The van der Waals surface area contributed by atoms with Gasteiger partial charge in [-0.1, -0.05) is 12.1 Å². The number of likely N-dealkylation sites (N-methyl/N-ethyl adjacent to an activating group) is 1. The minimum absolute atomic E-state index is 0.303. The lowest BCUT2D eigenvalue weighted by molar-refractivity contribution is -0.143. The number of carbonyl (C=O) groups excluding carboxylic acids is 1. The first-order chi connectivity index (χ1) is 7.22. The zero-order valence-electron chi connectivity index (χ0n) is 9.11. The van der Waals surface area contributed by atoms with Crippen molar-refractivity contribution in [2.24, 2.45) is 0 Å². The molecule has 0 spiro atoms. The SMILES string of the molecule is CNC(C(=O)OC)c1ccc(OC)cc1. The highest BCUT2D eigenvalue weighted by Gasteiger charge is 2.18. The van der Waals surface area contributed by atoms with Gasteiger partial charge in [-0.3, -0.25) is 0 Å². The Hall–Kier alpha value is -1.55. The van der Waals surface area contributed by atoms with Crippen LogP contribution in [0.5, 0.6) is 5.75 Å². The van der Waals surface area contributed by atoms with Crippen molar-refractivity contribution in [1.29, 1.82) is 0 Å². The topological polar surface area (TPSA) is 47.6 Å². The van der Waals surface area contributed by atoms with Gasteiger partial charge >= 0.3 is 5.97 Å². The molecule has 82 valence electrons. The van der Waals surface area contributed by atoms with E-state index in [9.17, 15) is 4.79 Å². The third kappa shape index (κ3) is 2.70. The van der Waals surface area contributed by atoms with Gasteiger partial charge in [0.05, 0.1) is 14.2 Å². The second-order valence-electron chi connectivity index (χ2n) is 3.02. The van der Waals surface area contributed by atoms with E-state index in [0.29, 0.717) is 0 Å². The summed E-state index contributed by atoms with van der Waals surface area (Å²) in [6.07, 6.45) is 0. The summed E-state index contributed by atoms with van der Waals surface area (Å²) in [6, 6.07) is 6.85. The maximum absolute atomic E-state index is 11.4. The van der Waals surface area contributed by atoms with Crippen molar-refractivity contribution in [2.75, 3.05) is 21.3 Å². The van der Waals surface area contributed by atoms with E-state index in [1.165, 1.54) is 7.11 Å². The molecule has 1 atom stereocenters. The largest absolute Gasteiger partial charge is 0.497 e. The fourth-order valence-corrected chi connectivity index (χ4v) is 1.33. The van der Waals surface area contributed by atoms with Crippen LogP contribution in [0.1, 0.15) is 11.6 Å². The number of nitrogens with one attached hydrogen (secondary N) is 1. The maximum atomic E-state index is 11.4. The Morgan fingerprint density at radius 1 is 1.27 bits per heavy atom. The molecule has 4 nitrogen and oxygen atoms in total. The van der Waals surface area contributed by atoms with Crippen molar-refractivity contribution in [3.8, 4) is 5.75 Å². The number of rotatable bonds is 4. The molecule has 0 saturated heterocycles. The molecule has 0 bridgehead atoms. The molecule has 0 amide bonds. The molecule has 4 heteroatoms. The maximum Gasteiger partial charge on any atom is 0.327 e. The minimum Gasteiger partial charge on any atom is -0.497 e. The van der Waals surface area contributed by atoms with Crippen molar-refractivity contribution < 1.29 is 14.3 Å². The molecule has 15 heavy (non-hydrogen) atoms. The highest BCUT2D eigenvalue weighted by atomic mass is 16.5. The van der Waals surface area contributed by atoms with Crippen LogP contribution in [0.15, 0.2) is 24.3 Å². The molecule has 0 saturated carbocycles. The van der Waals surface area contributed by atoms with Crippen LogP contribution < -0.4 is 10.1 Å². The van der Waals surface area contributed by atoms with E-state index < -0.39 is 6.04 Å². The van der Waals surface area contributed by atoms with Crippen molar-refractivity contribution >= 4 is 5.97 Å². The molecule has 0 aliphatic heterocycles. The minimum atomic E-state index is -0.430. The molecule has 1 aromatic carbocycles. The fourth-order valence-electron chi connectivity index (χ4n) is 1.33. The fraction of sp³-hybridized carbons (Fsp3) is 0.364. The summed E-state index contributed by atoms with van der Waals surface area (Å²) in [6.45, 7) is 0. The molecule has 0 aliphatic rings. The average molecular weight is 209 g/mol. The summed E-state index contributed by atoms with van der Waals surface area (Å²) < 4.78 is 9.71. The van der Waals surface area contributed by atoms with Gasteiger partial charge in [0.1, 0.15) is 11.8 Å². The van der Waals surface area contributed by atoms with Gasteiger partial charge in [0.15, 0.2) is 0 Å². The van der Waals surface area contributed by atoms with E-state index in [4.69, 9.17) is 4.74 Å². The number of carbonyl (C=O) groups is 1. The Labute approximate surface area is 89.2 Å². The first-order valence-electron chi connectivity index (χ1n) is 4.62. The number of esters is 1. The van der Waals surface area contributed by atoms with Crippen molar-refractivity contribution in [3.05, 3.63) is 29.8 Å². The average Bonchev–Trinajstić information content (AvgIpc) is 2.30. The Kier molecular flexibility index (Phi) is 4.12. The van der Waals surface area contributed by atoms with Crippen LogP contribution in [0.4, 0.5) is 0 Å². The van der Waals surface area contributed by atoms with Crippen LogP contribution in [0, 0.1) is 0 Å². The van der Waals surface area contributed by atoms with E-state index in [0.717, 1.165) is 11.3 Å². The third-order valence-corrected chi connectivity index (χ3v) is 2.17. The van der Waals surface area contributed by atoms with Crippen LogP contribution in [0.3, 0.4) is 0 Å². The van der Waals surface area contributed by atoms with Gasteiger partial charge in [0.2, 0.25) is 0 Å². The van der Waals surface area contributed by atoms with Crippen LogP contribution in [0.2, 0.25) is 0 Å². The van der Waals surface area contributed by atoms with E-state index in [1.54, 1.807) is 14.2 Å². The third-order valence-electron chi connectivity index (χ3n) is 2.17. The highest BCUT2D eigenvalue weighted by molar-refractivity contribution is 5.77. The zero-order chi connectivity index (χ0) is 11.3. The normalized spacial score (nSPS) is 11.9. The number of hydrogen-bond acceptors (Lipinski definition) is 4. The first-order valence-corrected chi connectivity index (χ1v) is 4.62. The lowest BCUT2D eigenvalue weighted by Crippen LogP contribution is -2.26. The number of ether oxygens (including phenoxy) is 2. The second-order valence-corrected chi connectivity index (χ2v) is 3.02. The van der Waals surface area contributed by atoms with Gasteiger partial charge in [0.25, 0.3) is 0 Å². The van der Waals surface area contributed by atoms with Gasteiger partial charge in [-0.2, -0.15) is 0 Å². The van der Waals surface area contributed by atoms with Crippen LogP contribution in [-0.2, 0) is 9.53 Å². The Morgan fingerprint density at radius 3 is 2.27 bits per heavy atom. The highest BCUT2D eigenvalue weighted by Crippen LogP contribution is 2.18. The summed E-state index contributed by atoms with van der Waals surface area (Å²) in [5.74, 6) is 0.459. The van der Waals surface area contributed by atoms with Gasteiger partial charge < -0.3 is 14.8 Å². The summed E-state index contributed by atoms with van der Waals surface area (Å²) >= 11 is 0. The quantitative estimate of drug-likeness (QED) is 0.755. The molecule has 0 heterocycles. The van der Waals surface area contributed by atoms with Crippen molar-refractivity contribution in [3.63, 3.8) is 0 Å². The van der Waals surface area contributed by atoms with E-state index >= 15 is 0 Å². The second kappa shape index (κ2) is 5.36. The molecule has 0 aliphatic carbocycles. The summed E-state index contributed by atoms with van der Waals surface area (Å²) in [5.41, 5.74) is 0.852. The molecule has 0 radical (unpaired) electrons. The van der Waals surface area contributed by atoms with Crippen LogP contribution in [0.25, 0.3) is 0 Å². The van der Waals surface area contributed by atoms with Crippen LogP contribution in [-0.4, -0.2) is 27.2 Å². The van der Waals surface area contributed by atoms with Crippen molar-refractivity contribution in [1.82, 2.24) is 5.32 Å². The Morgan fingerprint density at radius 2 is 1.87 bits per heavy atom. The summed E-state index contributed by atoms with van der Waals surface area (Å²) in [5, 5.41) is 2.89. The van der Waals surface area contributed by atoms with Gasteiger partial charge in [-0.05, 0) is 24.7 Å². The molecule has 1 N–H and O–H groups in total. The number of hydrogen-bond donors (Lipinski definition) is 1. The molecular formula is C11H15NO3. The van der Waals surface area contributed by atoms with E-state index in [-0.39, 0.29) is 5.97 Å². The summed E-state index contributed by atoms with van der Waals surface area (Å²) in [7, 11) is 4.69. The molecule has 1 unspecified atom stereocenters. The monoisotopic (exact) mass is 209 g/mol. The van der Waals surface area contributed by atoms with Gasteiger partial charge in [-0.25, -0.2) is 4.79 Å². The molecule has 1 aromatic rings. The molecule has 0 aromatic heterocycles. The smallest absolute Gasteiger partial charge is 0.327 e. The van der Waals surface area contributed by atoms with Gasteiger partial charge in [-0.15, -0.1) is 0 Å². The van der Waals surface area contributed by atoms with E-state index in [2.05, 4.69) is 10.1 Å². The lowest BCUT2D eigenvalue weighted by Gasteiger charge is -2.14. The van der Waals surface area contributed by atoms with Gasteiger partial charge in [0, 0.05) is 0 Å². The van der Waals surface area contributed by atoms with Crippen LogP contribution >= 0.6 is 0 Å². The lowest BCUT2D eigenvalue weighted by atomic mass is 10.1. The molecule has 0 fully saturated rings. The molecular weight excluding hydrogens is 194 g/mol. The molecule has 1 rings (SSSR count). The number of methoxy groups -OCH3 is 2. The zero-order valence-corrected chi connectivity index (χ0v) is 9.11.